The lowest BCUT2D eigenvalue weighted by Gasteiger charge is -2.30. The Morgan fingerprint density at radius 1 is 1.45 bits per heavy atom. The van der Waals surface area contributed by atoms with Gasteiger partial charge in [-0.1, -0.05) is 15.9 Å². The van der Waals surface area contributed by atoms with Crippen LogP contribution in [0.1, 0.15) is 25.5 Å². The number of ether oxygens (including phenoxy) is 2. The van der Waals surface area contributed by atoms with Crippen molar-refractivity contribution < 1.29 is 14.3 Å². The molecule has 1 aromatic rings. The van der Waals surface area contributed by atoms with Crippen LogP contribution < -0.4 is 15.4 Å². The molecular weight excluding hydrogens is 368 g/mol. The molecule has 0 bridgehead atoms. The first kappa shape index (κ1) is 16.8. The van der Waals surface area contributed by atoms with E-state index in [0.29, 0.717) is 28.7 Å². The summed E-state index contributed by atoms with van der Waals surface area (Å²) in [4.78, 5) is 12.3. The number of thiocarbonyl (C=S) groups is 1. The van der Waals surface area contributed by atoms with E-state index < -0.39 is 6.04 Å². The number of carbonyl (C=O) groups excluding carboxylic acids is 1. The van der Waals surface area contributed by atoms with E-state index in [0.717, 1.165) is 10.0 Å². The highest BCUT2D eigenvalue weighted by Crippen LogP contribution is 2.34. The third-order valence-corrected chi connectivity index (χ3v) is 4.22. The summed E-state index contributed by atoms with van der Waals surface area (Å²) in [5, 5.41) is 6.55. The second-order valence-corrected chi connectivity index (χ2v) is 5.94. The average molecular weight is 385 g/mol. The lowest BCUT2D eigenvalue weighted by molar-refractivity contribution is -0.139. The van der Waals surface area contributed by atoms with Gasteiger partial charge in [0.05, 0.1) is 25.3 Å². The maximum Gasteiger partial charge on any atom is 0.338 e. The Kier molecular flexibility index (Phi) is 5.42. The molecule has 0 saturated heterocycles. The third kappa shape index (κ3) is 3.41. The maximum absolute atomic E-state index is 12.3. The Labute approximate surface area is 143 Å². The summed E-state index contributed by atoms with van der Waals surface area (Å²) in [5.41, 5.74) is 2.04. The van der Waals surface area contributed by atoms with Crippen molar-refractivity contribution in [3.63, 3.8) is 0 Å². The Balaban J connectivity index is 2.52. The Bertz CT molecular complexity index is 646. The monoisotopic (exact) mass is 384 g/mol. The standard InChI is InChI=1S/C15H17BrN2O3S/c1-4-21-14(19)12-8(2)17-15(22)18-13(12)10-7-9(20-3)5-6-11(10)16/h5-7,13H,4H2,1-3H3,(H2,17,18,22). The van der Waals surface area contributed by atoms with Gasteiger partial charge in [-0.05, 0) is 49.8 Å². The maximum atomic E-state index is 12.3. The van der Waals surface area contributed by atoms with Gasteiger partial charge in [-0.3, -0.25) is 0 Å². The van der Waals surface area contributed by atoms with Gasteiger partial charge in [0.25, 0.3) is 0 Å². The number of allylic oxidation sites excluding steroid dienone is 1. The number of nitrogens with one attached hydrogen (secondary N) is 2. The fraction of sp³-hybridized carbons (Fsp3) is 0.333. The van der Waals surface area contributed by atoms with Crippen molar-refractivity contribution in [1.29, 1.82) is 0 Å². The van der Waals surface area contributed by atoms with Crippen molar-refractivity contribution in [2.24, 2.45) is 0 Å². The molecule has 1 aliphatic rings. The molecule has 1 heterocycles. The molecule has 0 spiro atoms. The lowest BCUT2D eigenvalue weighted by Crippen LogP contribution is -2.45. The van der Waals surface area contributed by atoms with Crippen molar-refractivity contribution in [1.82, 2.24) is 10.6 Å². The fourth-order valence-corrected chi connectivity index (χ4v) is 3.02. The van der Waals surface area contributed by atoms with E-state index in [9.17, 15) is 4.79 Å². The highest BCUT2D eigenvalue weighted by Gasteiger charge is 2.32. The van der Waals surface area contributed by atoms with Crippen LogP contribution in [0.5, 0.6) is 5.75 Å². The Morgan fingerprint density at radius 3 is 2.82 bits per heavy atom. The van der Waals surface area contributed by atoms with E-state index in [1.54, 1.807) is 21.0 Å². The zero-order valence-electron chi connectivity index (χ0n) is 12.5. The first-order chi connectivity index (χ1) is 10.5. The molecule has 22 heavy (non-hydrogen) atoms. The van der Waals surface area contributed by atoms with Gasteiger partial charge in [-0.25, -0.2) is 4.79 Å². The second-order valence-electron chi connectivity index (χ2n) is 4.68. The van der Waals surface area contributed by atoms with Crippen molar-refractivity contribution in [2.45, 2.75) is 19.9 Å². The van der Waals surface area contributed by atoms with Gasteiger partial charge in [0, 0.05) is 10.2 Å². The summed E-state index contributed by atoms with van der Waals surface area (Å²) in [5.74, 6) is 0.326. The molecule has 118 valence electrons. The normalized spacial score (nSPS) is 17.6. The highest BCUT2D eigenvalue weighted by molar-refractivity contribution is 9.10. The summed E-state index contributed by atoms with van der Waals surface area (Å²) in [6.45, 7) is 3.89. The van der Waals surface area contributed by atoms with Crippen LogP contribution in [-0.2, 0) is 9.53 Å². The zero-order chi connectivity index (χ0) is 16.3. The third-order valence-electron chi connectivity index (χ3n) is 3.28. The van der Waals surface area contributed by atoms with E-state index in [-0.39, 0.29) is 5.97 Å². The number of benzene rings is 1. The summed E-state index contributed by atoms with van der Waals surface area (Å²) >= 11 is 8.73. The van der Waals surface area contributed by atoms with E-state index in [2.05, 4.69) is 26.6 Å². The molecule has 2 rings (SSSR count). The second kappa shape index (κ2) is 7.11. The topological polar surface area (TPSA) is 59.6 Å². The van der Waals surface area contributed by atoms with Crippen LogP contribution in [-0.4, -0.2) is 24.8 Å². The van der Waals surface area contributed by atoms with Gasteiger partial charge in [0.1, 0.15) is 5.75 Å². The Hall–Kier alpha value is -1.60. The van der Waals surface area contributed by atoms with E-state index in [1.807, 2.05) is 18.2 Å². The van der Waals surface area contributed by atoms with Crippen LogP contribution in [0.4, 0.5) is 0 Å². The van der Waals surface area contributed by atoms with Crippen LogP contribution in [0.15, 0.2) is 33.9 Å². The zero-order valence-corrected chi connectivity index (χ0v) is 14.9. The minimum Gasteiger partial charge on any atom is -0.497 e. The molecule has 0 amide bonds. The van der Waals surface area contributed by atoms with Gasteiger partial charge in [0.15, 0.2) is 5.11 Å². The lowest BCUT2D eigenvalue weighted by atomic mass is 9.95. The average Bonchev–Trinajstić information content (AvgIpc) is 2.47. The molecule has 0 aromatic heterocycles. The van der Waals surface area contributed by atoms with Crippen LogP contribution in [0.3, 0.4) is 0 Å². The number of methoxy groups -OCH3 is 1. The van der Waals surface area contributed by atoms with Gasteiger partial charge in [-0.2, -0.15) is 0 Å². The van der Waals surface area contributed by atoms with Gasteiger partial charge in [-0.15, -0.1) is 0 Å². The molecule has 0 aliphatic carbocycles. The van der Waals surface area contributed by atoms with Gasteiger partial charge in [0.2, 0.25) is 0 Å². The minimum atomic E-state index is -0.405. The largest absolute Gasteiger partial charge is 0.497 e. The Morgan fingerprint density at radius 2 is 2.18 bits per heavy atom. The molecule has 5 nitrogen and oxygen atoms in total. The molecule has 0 fully saturated rings. The van der Waals surface area contributed by atoms with E-state index in [4.69, 9.17) is 21.7 Å². The number of hydrogen-bond donors (Lipinski definition) is 2. The molecule has 0 saturated carbocycles. The molecule has 1 unspecified atom stereocenters. The molecule has 1 aromatic carbocycles. The van der Waals surface area contributed by atoms with Crippen LogP contribution in [0.2, 0.25) is 0 Å². The molecule has 7 heteroatoms. The number of esters is 1. The molecule has 2 N–H and O–H groups in total. The summed E-state index contributed by atoms with van der Waals surface area (Å²) in [7, 11) is 1.60. The molecule has 1 aliphatic heterocycles. The SMILES string of the molecule is CCOC(=O)C1=C(C)NC(=S)NC1c1cc(OC)ccc1Br. The number of hydrogen-bond acceptors (Lipinski definition) is 4. The van der Waals surface area contributed by atoms with Crippen molar-refractivity contribution in [3.05, 3.63) is 39.5 Å². The summed E-state index contributed by atoms with van der Waals surface area (Å²) in [6.07, 6.45) is 0. The fourth-order valence-electron chi connectivity index (χ4n) is 2.28. The predicted octanol–water partition coefficient (Wildman–Crippen LogP) is 2.81. The first-order valence-electron chi connectivity index (χ1n) is 6.76. The molecule has 0 radical (unpaired) electrons. The van der Waals surface area contributed by atoms with Crippen LogP contribution in [0, 0.1) is 0 Å². The first-order valence-corrected chi connectivity index (χ1v) is 7.96. The summed E-state index contributed by atoms with van der Waals surface area (Å²) in [6, 6.07) is 5.17. The van der Waals surface area contributed by atoms with E-state index in [1.165, 1.54) is 0 Å². The van der Waals surface area contributed by atoms with Gasteiger partial charge >= 0.3 is 5.97 Å². The molecular formula is C15H17BrN2O3S. The number of halogens is 1. The van der Waals surface area contributed by atoms with Crippen molar-refractivity contribution in [2.75, 3.05) is 13.7 Å². The van der Waals surface area contributed by atoms with Crippen molar-refractivity contribution >= 4 is 39.2 Å². The number of carbonyl (C=O) groups is 1. The number of rotatable bonds is 4. The molecule has 1 atom stereocenters. The van der Waals surface area contributed by atoms with Gasteiger partial charge < -0.3 is 20.1 Å². The van der Waals surface area contributed by atoms with E-state index >= 15 is 0 Å². The summed E-state index contributed by atoms with van der Waals surface area (Å²) < 4.78 is 11.3. The van der Waals surface area contributed by atoms with Crippen LogP contribution in [0.25, 0.3) is 0 Å². The van der Waals surface area contributed by atoms with Crippen molar-refractivity contribution in [3.8, 4) is 5.75 Å². The minimum absolute atomic E-state index is 0.312. The predicted molar refractivity (Wildman–Crippen MR) is 91.6 cm³/mol. The van der Waals surface area contributed by atoms with Crippen LogP contribution >= 0.6 is 28.1 Å². The highest BCUT2D eigenvalue weighted by atomic mass is 79.9. The smallest absolute Gasteiger partial charge is 0.338 e. The quantitative estimate of drug-likeness (QED) is 0.614.